The van der Waals surface area contributed by atoms with Crippen LogP contribution in [0.4, 0.5) is 0 Å². The van der Waals surface area contributed by atoms with Gasteiger partial charge in [-0.1, -0.05) is 0 Å². The minimum Gasteiger partial charge on any atom is -0.394 e. The number of hydrogen-bond donors (Lipinski definition) is 12. The Morgan fingerprint density at radius 3 is 1.71 bits per heavy atom. The van der Waals surface area contributed by atoms with Crippen molar-refractivity contribution < 1.29 is 80.2 Å². The van der Waals surface area contributed by atoms with Crippen LogP contribution in [0.15, 0.2) is 0 Å². The van der Waals surface area contributed by atoms with E-state index in [1.807, 2.05) is 0 Å². The molecular weight excluding hydrogens is 472 g/mol. The summed E-state index contributed by atoms with van der Waals surface area (Å²) < 4.78 is 21.1. The summed E-state index contributed by atoms with van der Waals surface area (Å²) in [5, 5.41) is 117. The number of hydrogen-bond acceptors (Lipinski definition) is 16. The summed E-state index contributed by atoms with van der Waals surface area (Å²) in [7, 11) is 0. The first-order chi connectivity index (χ1) is 16.0. The number of aliphatic hydroxyl groups is 12. The van der Waals surface area contributed by atoms with E-state index in [-0.39, 0.29) is 0 Å². The summed E-state index contributed by atoms with van der Waals surface area (Å²) >= 11 is 0. The molecule has 2 aliphatic heterocycles. The van der Waals surface area contributed by atoms with Gasteiger partial charge in [0, 0.05) is 0 Å². The van der Waals surface area contributed by atoms with Crippen LogP contribution in [0.5, 0.6) is 0 Å². The van der Waals surface area contributed by atoms with Crippen LogP contribution in [0.3, 0.4) is 0 Å². The van der Waals surface area contributed by atoms with E-state index in [2.05, 4.69) is 0 Å². The Bertz CT molecular complexity index is 594. The first-order valence-electron chi connectivity index (χ1n) is 10.5. The molecule has 2 aliphatic rings. The van der Waals surface area contributed by atoms with Gasteiger partial charge in [0.05, 0.1) is 26.4 Å². The van der Waals surface area contributed by atoms with Gasteiger partial charge in [0.1, 0.15) is 73.2 Å². The second-order valence-electron chi connectivity index (χ2n) is 8.09. The van der Waals surface area contributed by atoms with E-state index >= 15 is 0 Å². The molecule has 0 aromatic carbocycles. The topological polar surface area (TPSA) is 280 Å². The van der Waals surface area contributed by atoms with Crippen LogP contribution in [0, 0.1) is 0 Å². The molecule has 0 bridgehead atoms. The Morgan fingerprint density at radius 1 is 0.618 bits per heavy atom. The van der Waals surface area contributed by atoms with E-state index in [0.29, 0.717) is 0 Å². The molecule has 34 heavy (non-hydrogen) atoms. The van der Waals surface area contributed by atoms with E-state index in [4.69, 9.17) is 24.1 Å². The van der Waals surface area contributed by atoms with Gasteiger partial charge >= 0.3 is 0 Å². The van der Waals surface area contributed by atoms with Crippen LogP contribution in [-0.4, -0.2) is 174 Å². The minimum atomic E-state index is -1.96. The molecule has 0 spiro atoms. The standard InChI is InChI=1S/C18H34O16/c19-1-5(23)9(24)10(25)6(2-20)31-17-15(30)13(28)16(8(4-22)33-17)34-18-14(29)12(27)11(26)7(3-21)32-18/h5-30H,1-4H2/t5-,6+,7+,8+,9+,10+,11+,12-,13+,14+,15+,16+,17-,18+/m0/s1. The molecule has 16 heteroatoms. The van der Waals surface area contributed by atoms with Gasteiger partial charge in [-0.05, 0) is 0 Å². The maximum absolute atomic E-state index is 10.5. The van der Waals surface area contributed by atoms with Crippen LogP contribution in [-0.2, 0) is 18.9 Å². The lowest BCUT2D eigenvalue weighted by atomic mass is 9.97. The Labute approximate surface area is 193 Å². The Hall–Kier alpha value is -0.640. The third-order valence-corrected chi connectivity index (χ3v) is 5.76. The molecule has 0 amide bonds. The second kappa shape index (κ2) is 13.1. The van der Waals surface area contributed by atoms with E-state index < -0.39 is 112 Å². The summed E-state index contributed by atoms with van der Waals surface area (Å²) in [6.07, 6.45) is -24.4. The molecule has 12 N–H and O–H groups in total. The quantitative estimate of drug-likeness (QED) is 0.124. The lowest BCUT2D eigenvalue weighted by Gasteiger charge is -2.46. The molecule has 14 atom stereocenters. The van der Waals surface area contributed by atoms with Crippen molar-refractivity contribution in [1.82, 2.24) is 0 Å². The predicted molar refractivity (Wildman–Crippen MR) is 103 cm³/mol. The van der Waals surface area contributed by atoms with E-state index in [1.165, 1.54) is 0 Å². The fourth-order valence-corrected chi connectivity index (χ4v) is 3.63. The summed E-state index contributed by atoms with van der Waals surface area (Å²) in [6.45, 7) is -3.46. The van der Waals surface area contributed by atoms with Gasteiger partial charge in [0.25, 0.3) is 0 Å². The Balaban J connectivity index is 2.11. The molecular formula is C18H34O16. The van der Waals surface area contributed by atoms with Gasteiger partial charge in [-0.2, -0.15) is 0 Å². The smallest absolute Gasteiger partial charge is 0.187 e. The molecule has 0 unspecified atom stereocenters. The van der Waals surface area contributed by atoms with Crippen LogP contribution in [0.25, 0.3) is 0 Å². The molecule has 2 fully saturated rings. The highest BCUT2D eigenvalue weighted by molar-refractivity contribution is 4.94. The zero-order valence-electron chi connectivity index (χ0n) is 17.9. The Kier molecular flexibility index (Phi) is 11.4. The number of rotatable bonds is 11. The van der Waals surface area contributed by atoms with Gasteiger partial charge in [0.15, 0.2) is 12.6 Å². The van der Waals surface area contributed by atoms with Crippen molar-refractivity contribution in [2.24, 2.45) is 0 Å². The first-order valence-corrected chi connectivity index (χ1v) is 10.5. The van der Waals surface area contributed by atoms with Crippen molar-refractivity contribution in [3.63, 3.8) is 0 Å². The van der Waals surface area contributed by atoms with Crippen LogP contribution in [0.1, 0.15) is 0 Å². The summed E-state index contributed by atoms with van der Waals surface area (Å²) in [5.41, 5.74) is 0. The molecule has 2 saturated heterocycles. The molecule has 0 saturated carbocycles. The van der Waals surface area contributed by atoms with Gasteiger partial charge in [-0.15, -0.1) is 0 Å². The normalized spacial score (nSPS) is 42.7. The maximum atomic E-state index is 10.5. The predicted octanol–water partition coefficient (Wildman–Crippen LogP) is -7.94. The SMILES string of the molecule is OC[C@H](O)[C@@H](O)[C@H](O)[C@@H](CO)O[C@H]1O[C@H](CO)[C@@H](O[C@H]2O[C@H](CO)[C@@H](O)[C@H](O)[C@H]2O)[C@H](O)[C@H]1O. The molecule has 2 rings (SSSR count). The van der Waals surface area contributed by atoms with Crippen molar-refractivity contribution in [2.45, 2.75) is 85.8 Å². The molecule has 0 radical (unpaired) electrons. The van der Waals surface area contributed by atoms with Crippen LogP contribution >= 0.6 is 0 Å². The monoisotopic (exact) mass is 506 g/mol. The van der Waals surface area contributed by atoms with Crippen molar-refractivity contribution in [2.75, 3.05) is 26.4 Å². The molecule has 0 aromatic rings. The van der Waals surface area contributed by atoms with Gasteiger partial charge < -0.3 is 80.2 Å². The average molecular weight is 506 g/mol. The lowest BCUT2D eigenvalue weighted by molar-refractivity contribution is -0.366. The average Bonchev–Trinajstić information content (AvgIpc) is 2.84. The van der Waals surface area contributed by atoms with Gasteiger partial charge in [-0.25, -0.2) is 0 Å². The first kappa shape index (κ1) is 29.6. The lowest BCUT2D eigenvalue weighted by Crippen LogP contribution is -2.65. The largest absolute Gasteiger partial charge is 0.394 e. The molecule has 0 aliphatic carbocycles. The van der Waals surface area contributed by atoms with Crippen molar-refractivity contribution in [3.8, 4) is 0 Å². The molecule has 16 nitrogen and oxygen atoms in total. The zero-order chi connectivity index (χ0) is 25.7. The third-order valence-electron chi connectivity index (χ3n) is 5.76. The van der Waals surface area contributed by atoms with Crippen molar-refractivity contribution in [1.29, 1.82) is 0 Å². The zero-order valence-corrected chi connectivity index (χ0v) is 17.9. The van der Waals surface area contributed by atoms with Crippen LogP contribution < -0.4 is 0 Å². The van der Waals surface area contributed by atoms with E-state index in [0.717, 1.165) is 0 Å². The highest BCUT2D eigenvalue weighted by atomic mass is 16.7. The molecule has 202 valence electrons. The van der Waals surface area contributed by atoms with E-state index in [9.17, 15) is 56.2 Å². The fourth-order valence-electron chi connectivity index (χ4n) is 3.63. The number of aliphatic hydroxyl groups excluding tert-OH is 12. The fraction of sp³-hybridized carbons (Fsp3) is 1.00. The minimum absolute atomic E-state index is 0.752. The van der Waals surface area contributed by atoms with Crippen molar-refractivity contribution >= 4 is 0 Å². The molecule has 2 heterocycles. The molecule has 0 aromatic heterocycles. The second-order valence-corrected chi connectivity index (χ2v) is 8.09. The maximum Gasteiger partial charge on any atom is 0.187 e. The van der Waals surface area contributed by atoms with Crippen LogP contribution in [0.2, 0.25) is 0 Å². The Morgan fingerprint density at radius 2 is 1.18 bits per heavy atom. The third kappa shape index (κ3) is 6.37. The summed E-state index contributed by atoms with van der Waals surface area (Å²) in [4.78, 5) is 0. The highest BCUT2D eigenvalue weighted by Gasteiger charge is 2.51. The van der Waals surface area contributed by atoms with Gasteiger partial charge in [0.2, 0.25) is 0 Å². The van der Waals surface area contributed by atoms with Crippen molar-refractivity contribution in [3.05, 3.63) is 0 Å². The van der Waals surface area contributed by atoms with Gasteiger partial charge in [-0.3, -0.25) is 0 Å². The summed E-state index contributed by atoms with van der Waals surface area (Å²) in [5.74, 6) is 0. The summed E-state index contributed by atoms with van der Waals surface area (Å²) in [6, 6.07) is 0. The highest BCUT2D eigenvalue weighted by Crippen LogP contribution is 2.30. The number of ether oxygens (including phenoxy) is 4. The van der Waals surface area contributed by atoms with E-state index in [1.54, 1.807) is 0 Å².